The van der Waals surface area contributed by atoms with Crippen molar-refractivity contribution in [3.05, 3.63) is 41.6 Å². The number of nitrogen functional groups attached to an aromatic ring is 1. The number of anilines is 1. The molecule has 0 aliphatic heterocycles. The molecular weight excluding hydrogens is 294 g/mol. The van der Waals surface area contributed by atoms with Gasteiger partial charge in [-0.1, -0.05) is 6.92 Å². The van der Waals surface area contributed by atoms with Crippen molar-refractivity contribution in [2.45, 2.75) is 25.9 Å². The molecule has 4 N–H and O–H groups in total. The fraction of sp³-hybridized carbons (Fsp3) is 0.312. The fourth-order valence-electron chi connectivity index (χ4n) is 2.06. The van der Waals surface area contributed by atoms with E-state index in [9.17, 15) is 9.90 Å². The molecule has 0 aliphatic carbocycles. The Balaban J connectivity index is 2.03. The van der Waals surface area contributed by atoms with E-state index in [1.807, 2.05) is 13.0 Å². The zero-order valence-corrected chi connectivity index (χ0v) is 12.9. The van der Waals surface area contributed by atoms with Crippen LogP contribution in [-0.4, -0.2) is 33.4 Å². The molecule has 7 heteroatoms. The summed E-state index contributed by atoms with van der Waals surface area (Å²) in [4.78, 5) is 12.0. The molecule has 1 amide bonds. The Bertz CT molecular complexity index is 715. The highest BCUT2D eigenvalue weighted by atomic mass is 16.3. The van der Waals surface area contributed by atoms with Gasteiger partial charge in [0.15, 0.2) is 0 Å². The zero-order valence-electron chi connectivity index (χ0n) is 12.9. The lowest BCUT2D eigenvalue weighted by Gasteiger charge is -2.09. The predicted octanol–water partition coefficient (Wildman–Crippen LogP) is 1.22. The standard InChI is InChI=1S/C16H19N5O2/c1-2-14(22)7-8-19-16(23)11-3-5-13(6-4-11)21-15(18)12(9-17)10-20-21/h3-6,10,14,22H,2,7-8,18H2,1H3,(H,19,23). The van der Waals surface area contributed by atoms with Gasteiger partial charge in [-0.25, -0.2) is 4.68 Å². The number of aliphatic hydroxyl groups is 1. The third-order valence-electron chi connectivity index (χ3n) is 3.54. The van der Waals surface area contributed by atoms with E-state index in [0.29, 0.717) is 36.2 Å². The lowest BCUT2D eigenvalue weighted by atomic mass is 10.1. The molecule has 1 heterocycles. The number of aromatic nitrogens is 2. The third kappa shape index (κ3) is 3.87. The molecule has 7 nitrogen and oxygen atoms in total. The summed E-state index contributed by atoms with van der Waals surface area (Å²) in [6.45, 7) is 2.32. The number of amides is 1. The van der Waals surface area contributed by atoms with E-state index in [1.165, 1.54) is 10.9 Å². The van der Waals surface area contributed by atoms with Gasteiger partial charge in [-0.15, -0.1) is 0 Å². The topological polar surface area (TPSA) is 117 Å². The lowest BCUT2D eigenvalue weighted by Crippen LogP contribution is -2.27. The molecule has 0 fully saturated rings. The first-order valence-corrected chi connectivity index (χ1v) is 7.37. The first-order chi connectivity index (χ1) is 11.1. The maximum absolute atomic E-state index is 12.0. The monoisotopic (exact) mass is 313 g/mol. The molecule has 2 rings (SSSR count). The van der Waals surface area contributed by atoms with E-state index < -0.39 is 6.10 Å². The van der Waals surface area contributed by atoms with Gasteiger partial charge in [-0.05, 0) is 37.1 Å². The van der Waals surface area contributed by atoms with Crippen LogP contribution in [0, 0.1) is 11.3 Å². The maximum Gasteiger partial charge on any atom is 0.251 e. The molecule has 0 saturated carbocycles. The summed E-state index contributed by atoms with van der Waals surface area (Å²) in [5.41, 5.74) is 7.31. The summed E-state index contributed by atoms with van der Waals surface area (Å²) in [6.07, 6.45) is 2.20. The van der Waals surface area contributed by atoms with Gasteiger partial charge < -0.3 is 16.2 Å². The minimum atomic E-state index is -0.394. The molecule has 120 valence electrons. The quantitative estimate of drug-likeness (QED) is 0.741. The molecule has 0 spiro atoms. The average molecular weight is 313 g/mol. The summed E-state index contributed by atoms with van der Waals surface area (Å²) in [5, 5.41) is 25.1. The Morgan fingerprint density at radius 1 is 1.48 bits per heavy atom. The number of rotatable bonds is 6. The molecule has 23 heavy (non-hydrogen) atoms. The molecule has 0 saturated heterocycles. The van der Waals surface area contributed by atoms with E-state index >= 15 is 0 Å². The minimum Gasteiger partial charge on any atom is -0.393 e. The van der Waals surface area contributed by atoms with Gasteiger partial charge in [0.2, 0.25) is 0 Å². The fourth-order valence-corrected chi connectivity index (χ4v) is 2.06. The van der Waals surface area contributed by atoms with E-state index in [-0.39, 0.29) is 11.7 Å². The average Bonchev–Trinajstić information content (AvgIpc) is 2.95. The number of nitrogens with zero attached hydrogens (tertiary/aromatic N) is 3. The molecule has 1 unspecified atom stereocenters. The van der Waals surface area contributed by atoms with E-state index in [4.69, 9.17) is 11.0 Å². The van der Waals surface area contributed by atoms with Crippen molar-refractivity contribution in [2.75, 3.05) is 12.3 Å². The summed E-state index contributed by atoms with van der Waals surface area (Å²) < 4.78 is 1.44. The number of hydrogen-bond donors (Lipinski definition) is 3. The Kier molecular flexibility index (Phi) is 5.33. The zero-order chi connectivity index (χ0) is 16.8. The van der Waals surface area contributed by atoms with Crippen molar-refractivity contribution in [2.24, 2.45) is 0 Å². The van der Waals surface area contributed by atoms with Crippen LogP contribution in [0.25, 0.3) is 5.69 Å². The highest BCUT2D eigenvalue weighted by Crippen LogP contribution is 2.16. The number of aliphatic hydroxyl groups excluding tert-OH is 1. The van der Waals surface area contributed by atoms with Crippen LogP contribution in [-0.2, 0) is 0 Å². The van der Waals surface area contributed by atoms with Crippen LogP contribution in [0.3, 0.4) is 0 Å². The molecule has 2 aromatic rings. The molecule has 1 aromatic heterocycles. The molecule has 1 aromatic carbocycles. The van der Waals surface area contributed by atoms with Crippen LogP contribution in [0.1, 0.15) is 35.7 Å². The van der Waals surface area contributed by atoms with Crippen molar-refractivity contribution >= 4 is 11.7 Å². The SMILES string of the molecule is CCC(O)CCNC(=O)c1ccc(-n2ncc(C#N)c2N)cc1. The van der Waals surface area contributed by atoms with Crippen molar-refractivity contribution in [1.82, 2.24) is 15.1 Å². The maximum atomic E-state index is 12.0. The van der Waals surface area contributed by atoms with Crippen molar-refractivity contribution in [1.29, 1.82) is 5.26 Å². The van der Waals surface area contributed by atoms with Crippen molar-refractivity contribution < 1.29 is 9.90 Å². The van der Waals surface area contributed by atoms with Crippen LogP contribution >= 0.6 is 0 Å². The van der Waals surface area contributed by atoms with Gasteiger partial charge in [0.1, 0.15) is 17.5 Å². The predicted molar refractivity (Wildman–Crippen MR) is 85.9 cm³/mol. The second-order valence-electron chi connectivity index (χ2n) is 5.12. The van der Waals surface area contributed by atoms with Gasteiger partial charge in [-0.3, -0.25) is 4.79 Å². The summed E-state index contributed by atoms with van der Waals surface area (Å²) >= 11 is 0. The Morgan fingerprint density at radius 2 is 2.17 bits per heavy atom. The highest BCUT2D eigenvalue weighted by molar-refractivity contribution is 5.94. The van der Waals surface area contributed by atoms with Gasteiger partial charge in [0.25, 0.3) is 5.91 Å². The normalized spacial score (nSPS) is 11.7. The van der Waals surface area contributed by atoms with Crippen molar-refractivity contribution in [3.63, 3.8) is 0 Å². The number of nitrogens with one attached hydrogen (secondary N) is 1. The smallest absolute Gasteiger partial charge is 0.251 e. The minimum absolute atomic E-state index is 0.203. The van der Waals surface area contributed by atoms with Crippen LogP contribution in [0.4, 0.5) is 5.82 Å². The van der Waals surface area contributed by atoms with E-state index in [2.05, 4.69) is 10.4 Å². The van der Waals surface area contributed by atoms with Gasteiger partial charge in [0.05, 0.1) is 18.0 Å². The van der Waals surface area contributed by atoms with E-state index in [1.54, 1.807) is 24.3 Å². The lowest BCUT2D eigenvalue weighted by molar-refractivity contribution is 0.0942. The van der Waals surface area contributed by atoms with Gasteiger partial charge >= 0.3 is 0 Å². The van der Waals surface area contributed by atoms with Gasteiger partial charge in [0, 0.05) is 12.1 Å². The third-order valence-corrected chi connectivity index (χ3v) is 3.54. The number of hydrogen-bond acceptors (Lipinski definition) is 5. The molecule has 0 aliphatic rings. The van der Waals surface area contributed by atoms with Crippen LogP contribution in [0.15, 0.2) is 30.5 Å². The Hall–Kier alpha value is -2.85. The Labute approximate surface area is 134 Å². The molecule has 0 bridgehead atoms. The number of carbonyl (C=O) groups excluding carboxylic acids is 1. The van der Waals surface area contributed by atoms with Crippen LogP contribution in [0.2, 0.25) is 0 Å². The number of carbonyl (C=O) groups is 1. The Morgan fingerprint density at radius 3 is 2.74 bits per heavy atom. The molecule has 0 radical (unpaired) electrons. The number of nitriles is 1. The largest absolute Gasteiger partial charge is 0.393 e. The summed E-state index contributed by atoms with van der Waals surface area (Å²) in [6, 6.07) is 8.70. The summed E-state index contributed by atoms with van der Waals surface area (Å²) in [5.74, 6) is 0.0595. The molecule has 1 atom stereocenters. The number of nitrogens with two attached hydrogens (primary N) is 1. The van der Waals surface area contributed by atoms with Crippen molar-refractivity contribution in [3.8, 4) is 11.8 Å². The summed E-state index contributed by atoms with van der Waals surface area (Å²) in [7, 11) is 0. The molecular formula is C16H19N5O2. The van der Waals surface area contributed by atoms with Crippen LogP contribution < -0.4 is 11.1 Å². The second kappa shape index (κ2) is 7.42. The number of benzene rings is 1. The van der Waals surface area contributed by atoms with E-state index in [0.717, 1.165) is 0 Å². The second-order valence-corrected chi connectivity index (χ2v) is 5.12. The highest BCUT2D eigenvalue weighted by Gasteiger charge is 2.10. The first kappa shape index (κ1) is 16.5. The van der Waals surface area contributed by atoms with Crippen LogP contribution in [0.5, 0.6) is 0 Å². The van der Waals surface area contributed by atoms with Gasteiger partial charge in [-0.2, -0.15) is 10.4 Å². The first-order valence-electron chi connectivity index (χ1n) is 7.37.